The van der Waals surface area contributed by atoms with Crippen molar-refractivity contribution in [2.75, 3.05) is 66.0 Å². The fourth-order valence-corrected chi connectivity index (χ4v) is 5.52. The van der Waals surface area contributed by atoms with Crippen molar-refractivity contribution in [3.63, 3.8) is 0 Å². The number of piperazine rings is 1. The van der Waals surface area contributed by atoms with Gasteiger partial charge >= 0.3 is 0 Å². The molecule has 0 saturated carbocycles. The number of hydrogen-bond donors (Lipinski definition) is 1. The topological polar surface area (TPSA) is 72.5 Å². The summed E-state index contributed by atoms with van der Waals surface area (Å²) in [6, 6.07) is 27.3. The van der Waals surface area contributed by atoms with Gasteiger partial charge in [0.1, 0.15) is 12.4 Å². The zero-order valence-electron chi connectivity index (χ0n) is 25.3. The third-order valence-electron chi connectivity index (χ3n) is 7.75. The van der Waals surface area contributed by atoms with Gasteiger partial charge in [-0.25, -0.2) is 0 Å². The van der Waals surface area contributed by atoms with Gasteiger partial charge in [-0.3, -0.25) is 14.6 Å². The number of rotatable bonds is 12. The maximum Gasteiger partial charge on any atom is 0.259 e. The number of carbonyl (C=O) groups excluding carboxylic acids is 1. The van der Waals surface area contributed by atoms with Crippen LogP contribution < -0.4 is 24.3 Å². The van der Waals surface area contributed by atoms with Crippen molar-refractivity contribution in [1.29, 1.82) is 0 Å². The van der Waals surface area contributed by atoms with Crippen molar-refractivity contribution in [1.82, 2.24) is 9.80 Å². The largest absolute Gasteiger partial charge is 0.493 e. The maximum atomic E-state index is 13.2. The van der Waals surface area contributed by atoms with Gasteiger partial charge in [0.05, 0.1) is 26.9 Å². The highest BCUT2D eigenvalue weighted by molar-refractivity contribution is 6.30. The fourth-order valence-electron chi connectivity index (χ4n) is 5.40. The number of benzene rings is 4. The Balaban J connectivity index is 1.13. The first-order chi connectivity index (χ1) is 21.5. The Labute approximate surface area is 264 Å². The van der Waals surface area contributed by atoms with Crippen LogP contribution in [0.15, 0.2) is 84.9 Å². The summed E-state index contributed by atoms with van der Waals surface area (Å²) in [7, 11) is 4.61. The Hall–Kier alpha value is -4.24. The number of nitrogens with one attached hydrogen (secondary N) is 1. The average Bonchev–Trinajstić information content (AvgIpc) is 3.06. The molecule has 0 atom stereocenters. The van der Waals surface area contributed by atoms with E-state index < -0.39 is 0 Å². The van der Waals surface area contributed by atoms with E-state index in [4.69, 9.17) is 30.5 Å². The Bertz CT molecular complexity index is 1530. The molecule has 1 saturated heterocycles. The molecule has 0 bridgehead atoms. The number of para-hydroxylation sites is 1. The molecule has 9 heteroatoms. The van der Waals surface area contributed by atoms with E-state index in [1.807, 2.05) is 30.3 Å². The van der Waals surface area contributed by atoms with Crippen molar-refractivity contribution in [3.8, 4) is 34.1 Å². The molecular weight excluding hydrogens is 578 g/mol. The number of methoxy groups -OCH3 is 3. The van der Waals surface area contributed by atoms with Crippen molar-refractivity contribution in [2.24, 2.45) is 0 Å². The van der Waals surface area contributed by atoms with Crippen molar-refractivity contribution < 1.29 is 23.7 Å². The molecule has 1 aliphatic rings. The van der Waals surface area contributed by atoms with E-state index in [0.29, 0.717) is 40.9 Å². The van der Waals surface area contributed by atoms with E-state index in [0.717, 1.165) is 44.3 Å². The first-order valence-electron chi connectivity index (χ1n) is 14.6. The summed E-state index contributed by atoms with van der Waals surface area (Å²) in [4.78, 5) is 18.1. The van der Waals surface area contributed by atoms with Gasteiger partial charge in [0, 0.05) is 62.1 Å². The molecule has 0 spiro atoms. The molecule has 1 aliphatic heterocycles. The fraction of sp³-hybridized carbons (Fsp3) is 0.286. The van der Waals surface area contributed by atoms with Crippen LogP contribution in [0.25, 0.3) is 11.1 Å². The normalized spacial score (nSPS) is 13.7. The van der Waals surface area contributed by atoms with Gasteiger partial charge in [-0.05, 0) is 41.0 Å². The predicted octanol–water partition coefficient (Wildman–Crippen LogP) is 6.48. The smallest absolute Gasteiger partial charge is 0.259 e. The van der Waals surface area contributed by atoms with Crippen LogP contribution in [0, 0.1) is 0 Å². The lowest BCUT2D eigenvalue weighted by Crippen LogP contribution is -2.47. The van der Waals surface area contributed by atoms with E-state index >= 15 is 0 Å². The summed E-state index contributed by atoms with van der Waals surface area (Å²) < 4.78 is 22.3. The molecule has 1 N–H and O–H groups in total. The SMILES string of the molecule is COc1cc(NC(=O)c2ccccc2OCCN2CCN(Cc3ccccc3-c3ccc(Cl)cc3)CC2)cc(OC)c1OC. The minimum Gasteiger partial charge on any atom is -0.493 e. The molecule has 8 nitrogen and oxygen atoms in total. The average molecular weight is 616 g/mol. The van der Waals surface area contributed by atoms with Crippen LogP contribution >= 0.6 is 11.6 Å². The number of hydrogen-bond acceptors (Lipinski definition) is 7. The second-order valence-corrected chi connectivity index (χ2v) is 10.9. The van der Waals surface area contributed by atoms with Gasteiger partial charge in [0.25, 0.3) is 5.91 Å². The van der Waals surface area contributed by atoms with E-state index in [2.05, 4.69) is 51.5 Å². The molecule has 1 amide bonds. The molecule has 0 radical (unpaired) electrons. The number of carbonyl (C=O) groups is 1. The molecule has 5 rings (SSSR count). The Morgan fingerprint density at radius 3 is 2.09 bits per heavy atom. The van der Waals surface area contributed by atoms with Crippen molar-refractivity contribution in [2.45, 2.75) is 6.54 Å². The molecule has 0 unspecified atom stereocenters. The summed E-state index contributed by atoms with van der Waals surface area (Å²) in [6.45, 7) is 6.01. The van der Waals surface area contributed by atoms with Crippen LogP contribution in [0.1, 0.15) is 15.9 Å². The number of nitrogens with zero attached hydrogens (tertiary/aromatic N) is 2. The van der Waals surface area contributed by atoms with Gasteiger partial charge in [-0.2, -0.15) is 0 Å². The monoisotopic (exact) mass is 615 g/mol. The van der Waals surface area contributed by atoms with Crippen LogP contribution in [-0.4, -0.2) is 76.4 Å². The van der Waals surface area contributed by atoms with Gasteiger partial charge in [-0.15, -0.1) is 0 Å². The van der Waals surface area contributed by atoms with Crippen LogP contribution in [0.5, 0.6) is 23.0 Å². The first kappa shape index (κ1) is 31.2. The van der Waals surface area contributed by atoms with Crippen LogP contribution in [0.4, 0.5) is 5.69 Å². The minimum absolute atomic E-state index is 0.289. The lowest BCUT2D eigenvalue weighted by molar-refractivity contribution is 0.101. The number of anilines is 1. The Kier molecular flexibility index (Phi) is 10.6. The molecule has 4 aromatic carbocycles. The second kappa shape index (κ2) is 15.0. The number of halogens is 1. The minimum atomic E-state index is -0.289. The summed E-state index contributed by atoms with van der Waals surface area (Å²) in [5.74, 6) is 1.62. The van der Waals surface area contributed by atoms with E-state index in [-0.39, 0.29) is 5.91 Å². The quantitative estimate of drug-likeness (QED) is 0.196. The number of amides is 1. The molecule has 44 heavy (non-hydrogen) atoms. The van der Waals surface area contributed by atoms with E-state index in [1.54, 1.807) is 18.2 Å². The molecular formula is C35H38ClN3O5. The molecule has 4 aromatic rings. The predicted molar refractivity (Wildman–Crippen MR) is 175 cm³/mol. The summed E-state index contributed by atoms with van der Waals surface area (Å²) in [6.07, 6.45) is 0. The van der Waals surface area contributed by atoms with Crippen molar-refractivity contribution in [3.05, 3.63) is 101 Å². The first-order valence-corrected chi connectivity index (χ1v) is 15.0. The zero-order valence-corrected chi connectivity index (χ0v) is 26.1. The van der Waals surface area contributed by atoms with Crippen LogP contribution in [0.2, 0.25) is 5.02 Å². The third kappa shape index (κ3) is 7.63. The summed E-state index contributed by atoms with van der Waals surface area (Å²) >= 11 is 6.11. The molecule has 1 fully saturated rings. The Morgan fingerprint density at radius 2 is 1.41 bits per heavy atom. The van der Waals surface area contributed by atoms with Gasteiger partial charge in [0.15, 0.2) is 11.5 Å². The summed E-state index contributed by atoms with van der Waals surface area (Å²) in [5, 5.41) is 3.67. The van der Waals surface area contributed by atoms with E-state index in [9.17, 15) is 4.79 Å². The lowest BCUT2D eigenvalue weighted by atomic mass is 9.99. The zero-order chi connectivity index (χ0) is 30.9. The van der Waals surface area contributed by atoms with E-state index in [1.165, 1.54) is 38.0 Å². The second-order valence-electron chi connectivity index (χ2n) is 10.5. The highest BCUT2D eigenvalue weighted by Gasteiger charge is 2.20. The highest BCUT2D eigenvalue weighted by Crippen LogP contribution is 2.40. The van der Waals surface area contributed by atoms with Crippen LogP contribution in [0.3, 0.4) is 0 Å². The highest BCUT2D eigenvalue weighted by atomic mass is 35.5. The van der Waals surface area contributed by atoms with Gasteiger partial charge < -0.3 is 24.3 Å². The standard InChI is InChI=1S/C35H38ClN3O5/c1-41-32-22-28(23-33(42-2)34(32)43-3)37-35(40)30-10-6-7-11-31(30)44-21-20-38-16-18-39(19-17-38)24-26-8-4-5-9-29(26)25-12-14-27(36)15-13-25/h4-15,22-23H,16-21,24H2,1-3H3,(H,37,40). The lowest BCUT2D eigenvalue weighted by Gasteiger charge is -2.35. The Morgan fingerprint density at radius 1 is 0.773 bits per heavy atom. The molecule has 0 aromatic heterocycles. The van der Waals surface area contributed by atoms with Gasteiger partial charge in [0.2, 0.25) is 5.75 Å². The van der Waals surface area contributed by atoms with Crippen molar-refractivity contribution >= 4 is 23.2 Å². The maximum absolute atomic E-state index is 13.2. The third-order valence-corrected chi connectivity index (χ3v) is 8.00. The van der Waals surface area contributed by atoms with Crippen LogP contribution in [-0.2, 0) is 6.54 Å². The molecule has 0 aliphatic carbocycles. The number of ether oxygens (including phenoxy) is 4. The molecule has 1 heterocycles. The van der Waals surface area contributed by atoms with Gasteiger partial charge in [-0.1, -0.05) is 60.1 Å². The molecule has 230 valence electrons. The summed E-state index contributed by atoms with van der Waals surface area (Å²) in [5.41, 5.74) is 4.71.